The van der Waals surface area contributed by atoms with Crippen LogP contribution in [0.1, 0.15) is 5.30 Å². The van der Waals surface area contributed by atoms with Crippen LogP contribution in [-0.2, 0) is 26.2 Å². The molecule has 0 atom stereocenters. The zero-order valence-electron chi connectivity index (χ0n) is 4.83. The topological polar surface area (TPSA) is 0 Å². The summed E-state index contributed by atoms with van der Waals surface area (Å²) < 4.78 is 0. The molecule has 9 heavy (non-hydrogen) atoms. The van der Waals surface area contributed by atoms with E-state index in [4.69, 9.17) is 6.58 Å². The largest absolute Gasteiger partial charge is 2.00 e. The Morgan fingerprint density at radius 1 is 1.67 bits per heavy atom. The molecule has 0 unspecified atom stereocenters. The molecule has 0 saturated carbocycles. The Morgan fingerprint density at radius 3 is 2.78 bits per heavy atom. The number of hydrogen-bond donors (Lipinski definition) is 0. The van der Waals surface area contributed by atoms with E-state index in [-0.39, 0.29) is 26.2 Å². The first-order valence-electron chi connectivity index (χ1n) is 2.31. The molecule has 0 aromatic carbocycles. The van der Waals surface area contributed by atoms with Crippen LogP contribution in [0.25, 0.3) is 6.08 Å². The van der Waals surface area contributed by atoms with Gasteiger partial charge >= 0.3 is 26.2 Å². The van der Waals surface area contributed by atoms with Crippen LogP contribution in [-0.4, -0.2) is 0 Å². The summed E-state index contributed by atoms with van der Waals surface area (Å²) in [7, 11) is 1.14. The van der Waals surface area contributed by atoms with Crippen molar-refractivity contribution >= 4 is 14.3 Å². The molecule has 1 heterocycles. The second-order valence-electron chi connectivity index (χ2n) is 1.33. The second-order valence-corrected chi connectivity index (χ2v) is 2.37. The fraction of sp³-hybridized carbons (Fsp3) is 0. The maximum atomic E-state index is 5.22. The van der Waals surface area contributed by atoms with Gasteiger partial charge in [0.15, 0.2) is 0 Å². The molecule has 0 aliphatic carbocycles. The van der Waals surface area contributed by atoms with Crippen LogP contribution in [0.3, 0.4) is 0 Å². The van der Waals surface area contributed by atoms with E-state index < -0.39 is 0 Å². The third-order valence-electron chi connectivity index (χ3n) is 0.785. The van der Waals surface area contributed by atoms with Crippen molar-refractivity contribution in [1.82, 2.24) is 0 Å². The molecule has 0 saturated heterocycles. The van der Waals surface area contributed by atoms with E-state index in [0.717, 1.165) is 13.5 Å². The van der Waals surface area contributed by atoms with Crippen molar-refractivity contribution in [2.24, 2.45) is 0 Å². The normalized spacial score (nSPS) is 8.44. The van der Waals surface area contributed by atoms with Crippen molar-refractivity contribution < 1.29 is 26.2 Å². The van der Waals surface area contributed by atoms with E-state index in [1.54, 1.807) is 6.08 Å². The van der Waals surface area contributed by atoms with Crippen LogP contribution in [0.5, 0.6) is 0 Å². The van der Waals surface area contributed by atoms with E-state index in [0.29, 0.717) is 0 Å². The molecule has 0 amide bonds. The Bertz CT molecular complexity index is 172. The molecule has 1 aromatic rings. The Morgan fingerprint density at radius 2 is 2.44 bits per heavy atom. The first-order valence-corrected chi connectivity index (χ1v) is 3.27. The van der Waals surface area contributed by atoms with Crippen LogP contribution >= 0.6 is 8.19 Å². The van der Waals surface area contributed by atoms with E-state index in [9.17, 15) is 0 Å². The summed E-state index contributed by atoms with van der Waals surface area (Å²) in [6.07, 6.45) is 1.57. The Hall–Kier alpha value is 0.273. The van der Waals surface area contributed by atoms with Gasteiger partial charge in [-0.1, -0.05) is 0 Å². The SMILES string of the molecule is [CH-]=Cc1[c-]cccp1.[Zr+2]. The third-order valence-corrected chi connectivity index (χ3v) is 1.66. The predicted octanol–water partition coefficient (Wildman–Crippen LogP) is 2.51. The fourth-order valence-corrected chi connectivity index (χ4v) is 0.996. The first kappa shape index (κ1) is 9.27. The number of rotatable bonds is 1. The van der Waals surface area contributed by atoms with Gasteiger partial charge in [-0.05, 0) is 0 Å². The van der Waals surface area contributed by atoms with Crippen LogP contribution in [0.2, 0.25) is 0 Å². The summed E-state index contributed by atoms with van der Waals surface area (Å²) >= 11 is 0. The predicted molar refractivity (Wildman–Crippen MR) is 36.6 cm³/mol. The van der Waals surface area contributed by atoms with Crippen molar-refractivity contribution in [3.05, 3.63) is 35.9 Å². The van der Waals surface area contributed by atoms with Gasteiger partial charge in [-0.25, -0.2) is 8.19 Å². The molecule has 0 N–H and O–H groups in total. The molecule has 0 fully saturated rings. The van der Waals surface area contributed by atoms with Crippen molar-refractivity contribution in [2.45, 2.75) is 0 Å². The minimum absolute atomic E-state index is 0. The standard InChI is InChI=1S/C7H5P.Zr/c1-2-7-5-3-4-6-8-7;/h1-4,6H;/q-2;+2. The summed E-state index contributed by atoms with van der Waals surface area (Å²) in [5.74, 6) is 2.02. The number of hydrogen-bond acceptors (Lipinski definition) is 0. The van der Waals surface area contributed by atoms with Crippen LogP contribution in [0, 0.1) is 12.6 Å². The first-order chi connectivity index (χ1) is 3.93. The minimum atomic E-state index is 0. The van der Waals surface area contributed by atoms with Crippen LogP contribution in [0.4, 0.5) is 0 Å². The maximum Gasteiger partial charge on any atom is 2.00 e. The van der Waals surface area contributed by atoms with Crippen molar-refractivity contribution in [1.29, 1.82) is 0 Å². The molecule has 0 aliphatic rings. The zero-order valence-corrected chi connectivity index (χ0v) is 8.19. The summed E-state index contributed by atoms with van der Waals surface area (Å²) in [6.45, 7) is 5.22. The van der Waals surface area contributed by atoms with Gasteiger partial charge in [0, 0.05) is 0 Å². The molecule has 1 rings (SSSR count). The van der Waals surface area contributed by atoms with Gasteiger partial charge in [-0.15, -0.1) is 5.80 Å². The molecule has 0 aliphatic heterocycles. The monoisotopic (exact) mass is 210 g/mol. The minimum Gasteiger partial charge on any atom is -0.360 e. The van der Waals surface area contributed by atoms with Crippen LogP contribution in [0.15, 0.2) is 17.9 Å². The summed E-state index contributed by atoms with van der Waals surface area (Å²) in [4.78, 5) is 0. The molecule has 1 aromatic heterocycles. The molecule has 0 radical (unpaired) electrons. The van der Waals surface area contributed by atoms with Crippen molar-refractivity contribution in [2.75, 3.05) is 0 Å². The molecule has 42 valence electrons. The average Bonchev–Trinajstić information content (AvgIpc) is 1.90. The van der Waals surface area contributed by atoms with Gasteiger partial charge in [0.2, 0.25) is 0 Å². The smallest absolute Gasteiger partial charge is 0.360 e. The molecule has 2 heteroatoms. The third kappa shape index (κ3) is 3.08. The zero-order chi connectivity index (χ0) is 5.82. The van der Waals surface area contributed by atoms with Gasteiger partial charge in [-0.3, -0.25) is 11.4 Å². The summed E-state index contributed by atoms with van der Waals surface area (Å²) in [5, 5.41) is 1.03. The summed E-state index contributed by atoms with van der Waals surface area (Å²) in [6, 6.07) is 6.79. The molecular weight excluding hydrogens is 206 g/mol. The van der Waals surface area contributed by atoms with Crippen LogP contribution < -0.4 is 0 Å². The van der Waals surface area contributed by atoms with Gasteiger partial charge in [0.1, 0.15) is 0 Å². The molecule has 0 spiro atoms. The second kappa shape index (κ2) is 5.09. The van der Waals surface area contributed by atoms with Gasteiger partial charge in [-0.2, -0.15) is 12.1 Å². The Labute approximate surface area is 76.2 Å². The van der Waals surface area contributed by atoms with E-state index >= 15 is 0 Å². The van der Waals surface area contributed by atoms with Crippen molar-refractivity contribution in [3.63, 3.8) is 0 Å². The summed E-state index contributed by atoms with van der Waals surface area (Å²) in [5.41, 5.74) is 0. The molecule has 0 nitrogen and oxygen atoms in total. The Balaban J connectivity index is 0.000000640. The maximum absolute atomic E-state index is 5.22. The van der Waals surface area contributed by atoms with Gasteiger partial charge in [0.05, 0.1) is 0 Å². The van der Waals surface area contributed by atoms with E-state index in [1.807, 2.05) is 17.9 Å². The molecular formula is C7H5PZr. The van der Waals surface area contributed by atoms with E-state index in [1.165, 1.54) is 0 Å². The average molecular weight is 211 g/mol. The quantitative estimate of drug-likeness (QED) is 0.626. The molecule has 0 bridgehead atoms. The van der Waals surface area contributed by atoms with Crippen molar-refractivity contribution in [3.8, 4) is 0 Å². The van der Waals surface area contributed by atoms with E-state index in [2.05, 4.69) is 6.07 Å². The Kier molecular flexibility index (Phi) is 5.24. The van der Waals surface area contributed by atoms with Gasteiger partial charge < -0.3 is 12.7 Å². The fourth-order valence-electron chi connectivity index (χ4n) is 0.428. The van der Waals surface area contributed by atoms with Gasteiger partial charge in [0.25, 0.3) is 0 Å².